The van der Waals surface area contributed by atoms with Crippen molar-refractivity contribution >= 4 is 5.69 Å². The standard InChI is InChI=1S/C18H15F2NO2/c1-12(2)17-18(19,20)21(13-8-4-3-5-9-13)16(23-17)14-10-6-7-11-15(14)22-17/h3-11,16H,1H2,2H3/t16-,17-/m1/s1. The molecular formula is C18H15F2NO2. The number of para-hydroxylation sites is 2. The molecule has 4 rings (SSSR count). The highest BCUT2D eigenvalue weighted by molar-refractivity contribution is 5.56. The summed E-state index contributed by atoms with van der Waals surface area (Å²) >= 11 is 0. The van der Waals surface area contributed by atoms with Gasteiger partial charge in [-0.1, -0.05) is 43.0 Å². The number of ether oxygens (including phenoxy) is 2. The van der Waals surface area contributed by atoms with Crippen molar-refractivity contribution in [2.75, 3.05) is 4.90 Å². The summed E-state index contributed by atoms with van der Waals surface area (Å²) in [5, 5.41) is 0. The first-order valence-corrected chi connectivity index (χ1v) is 7.31. The molecule has 2 aromatic carbocycles. The Hall–Kier alpha value is -2.40. The van der Waals surface area contributed by atoms with Crippen molar-refractivity contribution in [3.05, 3.63) is 72.3 Å². The fourth-order valence-corrected chi connectivity index (χ4v) is 3.14. The van der Waals surface area contributed by atoms with Crippen LogP contribution in [0.4, 0.5) is 14.5 Å². The fraction of sp³-hybridized carbons (Fsp3) is 0.222. The molecule has 2 atom stereocenters. The third kappa shape index (κ3) is 1.71. The summed E-state index contributed by atoms with van der Waals surface area (Å²) in [4.78, 5) is 0.966. The maximum Gasteiger partial charge on any atom is 0.397 e. The Morgan fingerprint density at radius 2 is 1.74 bits per heavy atom. The quantitative estimate of drug-likeness (QED) is 0.602. The molecule has 0 unspecified atom stereocenters. The lowest BCUT2D eigenvalue weighted by molar-refractivity contribution is -0.246. The Morgan fingerprint density at radius 3 is 2.43 bits per heavy atom. The molecule has 23 heavy (non-hydrogen) atoms. The number of benzene rings is 2. The third-order valence-electron chi connectivity index (χ3n) is 4.25. The molecule has 0 aromatic heterocycles. The summed E-state index contributed by atoms with van der Waals surface area (Å²) < 4.78 is 42.0. The number of fused-ring (bicyclic) bond motifs is 4. The van der Waals surface area contributed by atoms with Crippen LogP contribution in [-0.4, -0.2) is 11.8 Å². The lowest BCUT2D eigenvalue weighted by Crippen LogP contribution is -2.56. The molecule has 2 heterocycles. The number of anilines is 1. The van der Waals surface area contributed by atoms with E-state index in [9.17, 15) is 0 Å². The molecule has 118 valence electrons. The Balaban J connectivity index is 1.96. The van der Waals surface area contributed by atoms with Crippen LogP contribution in [0.5, 0.6) is 5.75 Å². The highest BCUT2D eigenvalue weighted by Gasteiger charge is 2.73. The SMILES string of the molecule is C=C(C)[C@@]12Oc3ccccc3[C@@H](O1)N(c1ccccc1)C2(F)F. The molecule has 2 aromatic rings. The largest absolute Gasteiger partial charge is 0.450 e. The van der Waals surface area contributed by atoms with E-state index in [-0.39, 0.29) is 5.57 Å². The summed E-state index contributed by atoms with van der Waals surface area (Å²) in [6, 6.07) is 12.0. The summed E-state index contributed by atoms with van der Waals surface area (Å²) in [5.74, 6) is -1.80. The topological polar surface area (TPSA) is 21.7 Å². The lowest BCUT2D eigenvalue weighted by Gasteiger charge is -2.36. The van der Waals surface area contributed by atoms with Gasteiger partial charge in [0.25, 0.3) is 0 Å². The predicted molar refractivity (Wildman–Crippen MR) is 82.3 cm³/mol. The van der Waals surface area contributed by atoms with Gasteiger partial charge in [0.1, 0.15) is 5.75 Å². The first-order valence-electron chi connectivity index (χ1n) is 7.31. The second-order valence-corrected chi connectivity index (χ2v) is 5.75. The molecule has 1 saturated heterocycles. The van der Waals surface area contributed by atoms with E-state index in [4.69, 9.17) is 9.47 Å². The van der Waals surface area contributed by atoms with Gasteiger partial charge in [-0.3, -0.25) is 4.90 Å². The first kappa shape index (κ1) is 14.2. The second-order valence-electron chi connectivity index (χ2n) is 5.75. The van der Waals surface area contributed by atoms with Crippen molar-refractivity contribution in [2.24, 2.45) is 0 Å². The molecule has 0 N–H and O–H groups in total. The molecule has 5 heteroatoms. The Kier molecular flexibility index (Phi) is 2.81. The zero-order chi connectivity index (χ0) is 16.2. The highest BCUT2D eigenvalue weighted by atomic mass is 19.3. The van der Waals surface area contributed by atoms with Crippen LogP contribution in [0.2, 0.25) is 0 Å². The third-order valence-corrected chi connectivity index (χ3v) is 4.25. The molecule has 1 fully saturated rings. The first-order chi connectivity index (χ1) is 11.0. The van der Waals surface area contributed by atoms with Gasteiger partial charge in [-0.25, -0.2) is 0 Å². The zero-order valence-electron chi connectivity index (χ0n) is 12.5. The van der Waals surface area contributed by atoms with Crippen LogP contribution in [0.25, 0.3) is 0 Å². The van der Waals surface area contributed by atoms with Crippen LogP contribution in [-0.2, 0) is 4.74 Å². The molecule has 0 aliphatic carbocycles. The van der Waals surface area contributed by atoms with Gasteiger partial charge in [-0.05, 0) is 30.7 Å². The maximum atomic E-state index is 15.3. The van der Waals surface area contributed by atoms with E-state index in [1.54, 1.807) is 54.6 Å². The van der Waals surface area contributed by atoms with Crippen LogP contribution in [0.3, 0.4) is 0 Å². The number of alkyl halides is 2. The molecule has 0 radical (unpaired) electrons. The lowest BCUT2D eigenvalue weighted by atomic mass is 10.1. The molecule has 0 saturated carbocycles. The van der Waals surface area contributed by atoms with Crippen molar-refractivity contribution in [3.63, 3.8) is 0 Å². The molecule has 2 aliphatic rings. The minimum Gasteiger partial charge on any atom is -0.450 e. The van der Waals surface area contributed by atoms with Gasteiger partial charge >= 0.3 is 11.8 Å². The molecular weight excluding hydrogens is 300 g/mol. The van der Waals surface area contributed by atoms with Crippen LogP contribution in [0.1, 0.15) is 18.7 Å². The molecule has 3 nitrogen and oxygen atoms in total. The average Bonchev–Trinajstić information content (AvgIpc) is 2.73. The minimum absolute atomic E-state index is 0.125. The van der Waals surface area contributed by atoms with Gasteiger partial charge in [0.15, 0.2) is 6.23 Å². The van der Waals surface area contributed by atoms with Crippen molar-refractivity contribution in [2.45, 2.75) is 25.0 Å². The maximum absolute atomic E-state index is 15.3. The van der Waals surface area contributed by atoms with Crippen molar-refractivity contribution < 1.29 is 18.3 Å². The van der Waals surface area contributed by atoms with Crippen LogP contribution >= 0.6 is 0 Å². The number of hydrogen-bond donors (Lipinski definition) is 0. The normalized spacial score (nSPS) is 27.3. The van der Waals surface area contributed by atoms with E-state index in [0.717, 1.165) is 4.90 Å². The highest BCUT2D eigenvalue weighted by Crippen LogP contribution is 2.59. The Labute approximate surface area is 132 Å². The summed E-state index contributed by atoms with van der Waals surface area (Å²) in [6.07, 6.45) is -0.936. The van der Waals surface area contributed by atoms with E-state index in [0.29, 0.717) is 17.0 Å². The van der Waals surface area contributed by atoms with Crippen LogP contribution in [0.15, 0.2) is 66.7 Å². The van der Waals surface area contributed by atoms with Gasteiger partial charge in [0, 0.05) is 11.3 Å². The molecule has 0 amide bonds. The number of rotatable bonds is 2. The van der Waals surface area contributed by atoms with E-state index in [1.807, 2.05) is 0 Å². The average molecular weight is 315 g/mol. The van der Waals surface area contributed by atoms with E-state index >= 15 is 8.78 Å². The van der Waals surface area contributed by atoms with E-state index in [1.165, 1.54) is 6.92 Å². The van der Waals surface area contributed by atoms with E-state index < -0.39 is 18.1 Å². The minimum atomic E-state index is -3.40. The van der Waals surface area contributed by atoms with Gasteiger partial charge in [-0.15, -0.1) is 0 Å². The fourth-order valence-electron chi connectivity index (χ4n) is 3.14. The van der Waals surface area contributed by atoms with Crippen LogP contribution < -0.4 is 9.64 Å². The Morgan fingerprint density at radius 1 is 1.09 bits per heavy atom. The monoisotopic (exact) mass is 315 g/mol. The smallest absolute Gasteiger partial charge is 0.397 e. The van der Waals surface area contributed by atoms with Crippen molar-refractivity contribution in [1.82, 2.24) is 0 Å². The molecule has 2 aliphatic heterocycles. The number of hydrogen-bond acceptors (Lipinski definition) is 3. The summed E-state index contributed by atoms with van der Waals surface area (Å²) in [5.41, 5.74) is 1.07. The van der Waals surface area contributed by atoms with Gasteiger partial charge < -0.3 is 9.47 Å². The zero-order valence-corrected chi connectivity index (χ0v) is 12.5. The van der Waals surface area contributed by atoms with Gasteiger partial charge in [0.2, 0.25) is 0 Å². The predicted octanol–water partition coefficient (Wildman–Crippen LogP) is 4.48. The number of nitrogens with zero attached hydrogens (tertiary/aromatic N) is 1. The number of halogens is 2. The van der Waals surface area contributed by atoms with Crippen molar-refractivity contribution in [1.29, 1.82) is 0 Å². The molecule has 0 spiro atoms. The van der Waals surface area contributed by atoms with Gasteiger partial charge in [0.05, 0.1) is 0 Å². The summed E-state index contributed by atoms with van der Waals surface area (Å²) in [6.45, 7) is 5.18. The second kappa shape index (κ2) is 4.55. The van der Waals surface area contributed by atoms with E-state index in [2.05, 4.69) is 6.58 Å². The van der Waals surface area contributed by atoms with Gasteiger partial charge in [-0.2, -0.15) is 8.78 Å². The van der Waals surface area contributed by atoms with Crippen molar-refractivity contribution in [3.8, 4) is 5.75 Å². The summed E-state index contributed by atoms with van der Waals surface area (Å²) in [7, 11) is 0. The Bertz CT molecular complexity index is 778. The van der Waals surface area contributed by atoms with Crippen LogP contribution in [0, 0.1) is 0 Å². The molecule has 2 bridgehead atoms.